The summed E-state index contributed by atoms with van der Waals surface area (Å²) in [5.74, 6) is 2.49. The molecule has 1 aliphatic rings. The molecule has 0 aliphatic carbocycles. The molecule has 0 atom stereocenters. The number of carbonyl (C=O) groups is 1. The average Bonchev–Trinajstić information content (AvgIpc) is 2.69. The molecule has 2 heterocycles. The molecule has 1 aliphatic heterocycles. The van der Waals surface area contributed by atoms with Gasteiger partial charge in [0.1, 0.15) is 11.6 Å². The molecule has 0 bridgehead atoms. The van der Waals surface area contributed by atoms with Gasteiger partial charge in [-0.15, -0.1) is 0 Å². The van der Waals surface area contributed by atoms with Crippen molar-refractivity contribution >= 4 is 11.7 Å². The Bertz CT molecular complexity index is 722. The first-order valence-electron chi connectivity index (χ1n) is 9.28. The number of likely N-dealkylation sites (tertiary alicyclic amines) is 1. The highest BCUT2D eigenvalue weighted by molar-refractivity contribution is 5.94. The molecule has 0 saturated carbocycles. The Morgan fingerprint density at radius 1 is 1.23 bits per heavy atom. The number of hydrogen-bond donors (Lipinski definition) is 1. The molecule has 26 heavy (non-hydrogen) atoms. The first-order valence-corrected chi connectivity index (χ1v) is 9.28. The van der Waals surface area contributed by atoms with Crippen LogP contribution in [-0.2, 0) is 6.42 Å². The number of amides is 1. The number of carbonyl (C=O) groups excluding carboxylic acids is 1. The highest BCUT2D eigenvalue weighted by Crippen LogP contribution is 2.19. The number of para-hydroxylation sites is 1. The topological polar surface area (TPSA) is 54.5 Å². The van der Waals surface area contributed by atoms with Crippen molar-refractivity contribution in [2.45, 2.75) is 26.2 Å². The van der Waals surface area contributed by atoms with Gasteiger partial charge in [0.15, 0.2) is 0 Å². The van der Waals surface area contributed by atoms with E-state index in [0.717, 1.165) is 56.0 Å². The van der Waals surface area contributed by atoms with Gasteiger partial charge in [0.2, 0.25) is 0 Å². The fraction of sp³-hybridized carbons (Fsp3) is 0.429. The molecule has 0 unspecified atom stereocenters. The zero-order valence-corrected chi connectivity index (χ0v) is 15.6. The fourth-order valence-corrected chi connectivity index (χ4v) is 3.25. The van der Waals surface area contributed by atoms with Crippen molar-refractivity contribution in [3.8, 4) is 5.75 Å². The van der Waals surface area contributed by atoms with Gasteiger partial charge >= 0.3 is 0 Å². The highest BCUT2D eigenvalue weighted by Gasteiger charge is 2.21. The number of nitrogens with zero attached hydrogens (tertiary/aromatic N) is 2. The molecule has 2 aromatic rings. The normalized spacial score (nSPS) is 14.9. The zero-order valence-electron chi connectivity index (χ0n) is 15.6. The first kappa shape index (κ1) is 18.2. The lowest BCUT2D eigenvalue weighted by Crippen LogP contribution is -2.37. The van der Waals surface area contributed by atoms with Crippen molar-refractivity contribution < 1.29 is 9.53 Å². The number of ether oxygens (including phenoxy) is 1. The average molecular weight is 353 g/mol. The van der Waals surface area contributed by atoms with Gasteiger partial charge in [0.05, 0.1) is 12.7 Å². The zero-order chi connectivity index (χ0) is 18.4. The van der Waals surface area contributed by atoms with Gasteiger partial charge < -0.3 is 15.0 Å². The van der Waals surface area contributed by atoms with Gasteiger partial charge in [0.25, 0.3) is 5.91 Å². The summed E-state index contributed by atoms with van der Waals surface area (Å²) in [6, 6.07) is 11.7. The molecule has 5 heteroatoms. The Labute approximate surface area is 155 Å². The highest BCUT2D eigenvalue weighted by atomic mass is 16.5. The van der Waals surface area contributed by atoms with Gasteiger partial charge in [0, 0.05) is 25.8 Å². The van der Waals surface area contributed by atoms with Crippen molar-refractivity contribution in [3.05, 3.63) is 53.7 Å². The molecule has 1 fully saturated rings. The number of methoxy groups -OCH3 is 1. The van der Waals surface area contributed by atoms with Crippen LogP contribution in [0.15, 0.2) is 42.6 Å². The molecule has 0 spiro atoms. The smallest absolute Gasteiger partial charge is 0.255 e. The van der Waals surface area contributed by atoms with Crippen molar-refractivity contribution in [3.63, 3.8) is 0 Å². The molecule has 3 rings (SSSR count). The van der Waals surface area contributed by atoms with E-state index in [-0.39, 0.29) is 5.91 Å². The van der Waals surface area contributed by atoms with Gasteiger partial charge in [-0.1, -0.05) is 25.1 Å². The summed E-state index contributed by atoms with van der Waals surface area (Å²) >= 11 is 0. The molecular weight excluding hydrogens is 326 g/mol. The summed E-state index contributed by atoms with van der Waals surface area (Å²) in [6.45, 7) is 4.69. The second-order valence-electron chi connectivity index (χ2n) is 6.90. The van der Waals surface area contributed by atoms with Crippen LogP contribution in [0.25, 0.3) is 0 Å². The number of piperidine rings is 1. The first-order chi connectivity index (χ1) is 12.7. The van der Waals surface area contributed by atoms with Crippen LogP contribution in [0.4, 0.5) is 5.82 Å². The number of nitrogens with one attached hydrogen (secondary N) is 1. The Kier molecular flexibility index (Phi) is 6.10. The van der Waals surface area contributed by atoms with Crippen LogP contribution < -0.4 is 10.1 Å². The summed E-state index contributed by atoms with van der Waals surface area (Å²) < 4.78 is 5.37. The lowest BCUT2D eigenvalue weighted by atomic mass is 9.99. The molecule has 1 amide bonds. The summed E-state index contributed by atoms with van der Waals surface area (Å²) in [7, 11) is 1.69. The molecule has 138 valence electrons. The van der Waals surface area contributed by atoms with Gasteiger partial charge in [-0.2, -0.15) is 0 Å². The standard InChI is InChI=1S/C21H27N3O2/c1-16-10-13-24(14-11-16)21(25)18-7-8-20(23-15-18)22-12-9-17-5-3-4-6-19(17)26-2/h3-8,15-16H,9-14H2,1-2H3,(H,22,23). The fourth-order valence-electron chi connectivity index (χ4n) is 3.25. The van der Waals surface area contributed by atoms with E-state index in [2.05, 4.69) is 23.3 Å². The molecule has 0 radical (unpaired) electrons. The minimum atomic E-state index is 0.0879. The summed E-state index contributed by atoms with van der Waals surface area (Å²) in [5, 5.41) is 3.30. The SMILES string of the molecule is COc1ccccc1CCNc1ccc(C(=O)N2CCC(C)CC2)cn1. The third kappa shape index (κ3) is 4.54. The maximum Gasteiger partial charge on any atom is 0.255 e. The summed E-state index contributed by atoms with van der Waals surface area (Å²) in [4.78, 5) is 18.9. The van der Waals surface area contributed by atoms with Crippen LogP contribution in [0, 0.1) is 5.92 Å². The predicted octanol–water partition coefficient (Wildman–Crippen LogP) is 3.62. The number of anilines is 1. The molecule has 1 aromatic heterocycles. The molecule has 1 aromatic carbocycles. The molecule has 1 saturated heterocycles. The van der Waals surface area contributed by atoms with Crippen LogP contribution in [0.1, 0.15) is 35.7 Å². The Morgan fingerprint density at radius 3 is 2.69 bits per heavy atom. The van der Waals surface area contributed by atoms with E-state index in [0.29, 0.717) is 11.5 Å². The van der Waals surface area contributed by atoms with Crippen LogP contribution >= 0.6 is 0 Å². The summed E-state index contributed by atoms with van der Waals surface area (Å²) in [5.41, 5.74) is 1.82. The number of hydrogen-bond acceptors (Lipinski definition) is 4. The number of pyridine rings is 1. The largest absolute Gasteiger partial charge is 0.496 e. The van der Waals surface area contributed by atoms with Crippen molar-refractivity contribution in [2.75, 3.05) is 32.1 Å². The van der Waals surface area contributed by atoms with E-state index in [9.17, 15) is 4.79 Å². The number of aromatic nitrogens is 1. The number of rotatable bonds is 6. The van der Waals surface area contributed by atoms with Gasteiger partial charge in [-0.05, 0) is 48.9 Å². The van der Waals surface area contributed by atoms with E-state index in [1.54, 1.807) is 13.3 Å². The van der Waals surface area contributed by atoms with Gasteiger partial charge in [-0.25, -0.2) is 4.98 Å². The third-order valence-corrected chi connectivity index (χ3v) is 4.97. The van der Waals surface area contributed by atoms with Gasteiger partial charge in [-0.3, -0.25) is 4.79 Å². The second-order valence-corrected chi connectivity index (χ2v) is 6.90. The molecule has 5 nitrogen and oxygen atoms in total. The van der Waals surface area contributed by atoms with E-state index in [4.69, 9.17) is 4.74 Å². The maximum atomic E-state index is 12.5. The van der Waals surface area contributed by atoms with Crippen LogP contribution in [0.5, 0.6) is 5.75 Å². The van der Waals surface area contributed by atoms with Crippen LogP contribution in [0.3, 0.4) is 0 Å². The molecule has 1 N–H and O–H groups in total. The Morgan fingerprint density at radius 2 is 2.00 bits per heavy atom. The van der Waals surface area contributed by atoms with Crippen LogP contribution in [0.2, 0.25) is 0 Å². The Hall–Kier alpha value is -2.56. The van der Waals surface area contributed by atoms with Crippen molar-refractivity contribution in [1.82, 2.24) is 9.88 Å². The van der Waals surface area contributed by atoms with E-state index < -0.39 is 0 Å². The lowest BCUT2D eigenvalue weighted by molar-refractivity contribution is 0.0697. The monoisotopic (exact) mass is 353 g/mol. The maximum absolute atomic E-state index is 12.5. The minimum absolute atomic E-state index is 0.0879. The van der Waals surface area contributed by atoms with Crippen molar-refractivity contribution in [2.24, 2.45) is 5.92 Å². The third-order valence-electron chi connectivity index (χ3n) is 4.97. The number of benzene rings is 1. The molecular formula is C21H27N3O2. The van der Waals surface area contributed by atoms with E-state index >= 15 is 0 Å². The second kappa shape index (κ2) is 8.70. The van der Waals surface area contributed by atoms with E-state index in [1.807, 2.05) is 35.2 Å². The minimum Gasteiger partial charge on any atom is -0.496 e. The Balaban J connectivity index is 1.52. The van der Waals surface area contributed by atoms with Crippen molar-refractivity contribution in [1.29, 1.82) is 0 Å². The van der Waals surface area contributed by atoms with Crippen LogP contribution in [-0.4, -0.2) is 42.5 Å². The quantitative estimate of drug-likeness (QED) is 0.862. The predicted molar refractivity (Wildman–Crippen MR) is 104 cm³/mol. The summed E-state index contributed by atoms with van der Waals surface area (Å²) in [6.07, 6.45) is 4.69. The van der Waals surface area contributed by atoms with E-state index in [1.165, 1.54) is 0 Å². The lowest BCUT2D eigenvalue weighted by Gasteiger charge is -2.30.